The molecule has 0 aliphatic heterocycles. The van der Waals surface area contributed by atoms with Crippen molar-refractivity contribution in [1.82, 2.24) is 9.78 Å². The van der Waals surface area contributed by atoms with Crippen LogP contribution in [0.2, 0.25) is 0 Å². The van der Waals surface area contributed by atoms with E-state index < -0.39 is 0 Å². The molecule has 0 fully saturated rings. The highest BCUT2D eigenvalue weighted by Crippen LogP contribution is 2.30. The summed E-state index contributed by atoms with van der Waals surface area (Å²) in [4.78, 5) is 0. The van der Waals surface area contributed by atoms with Crippen molar-refractivity contribution in [3.63, 3.8) is 0 Å². The van der Waals surface area contributed by atoms with Gasteiger partial charge in [-0.2, -0.15) is 5.10 Å². The summed E-state index contributed by atoms with van der Waals surface area (Å²) < 4.78 is 2.10. The third kappa shape index (κ3) is 1.27. The quantitative estimate of drug-likeness (QED) is 0.710. The van der Waals surface area contributed by atoms with Gasteiger partial charge in [0.1, 0.15) is 0 Å². The first-order valence-electron chi connectivity index (χ1n) is 5.05. The Balaban J connectivity index is 2.51. The van der Waals surface area contributed by atoms with Gasteiger partial charge in [0.2, 0.25) is 0 Å². The highest BCUT2D eigenvalue weighted by molar-refractivity contribution is 5.31. The lowest BCUT2D eigenvalue weighted by atomic mass is 9.92. The van der Waals surface area contributed by atoms with E-state index in [2.05, 4.69) is 23.6 Å². The zero-order valence-electron chi connectivity index (χ0n) is 8.38. The van der Waals surface area contributed by atoms with Crippen molar-refractivity contribution in [2.24, 2.45) is 5.73 Å². The van der Waals surface area contributed by atoms with E-state index in [1.165, 1.54) is 17.7 Å². The second-order valence-corrected chi connectivity index (χ2v) is 3.76. The molecule has 1 aromatic rings. The minimum atomic E-state index is 0.226. The van der Waals surface area contributed by atoms with Crippen molar-refractivity contribution in [2.45, 2.75) is 45.7 Å². The molecule has 1 aromatic heterocycles. The van der Waals surface area contributed by atoms with Gasteiger partial charge in [-0.15, -0.1) is 0 Å². The molecule has 72 valence electrons. The maximum Gasteiger partial charge on any atom is 0.0644 e. The molecule has 2 N–H and O–H groups in total. The maximum atomic E-state index is 6.06. The molecule has 0 aromatic carbocycles. The van der Waals surface area contributed by atoms with E-state index in [1.807, 2.05) is 0 Å². The monoisotopic (exact) mass is 179 g/mol. The van der Waals surface area contributed by atoms with Gasteiger partial charge >= 0.3 is 0 Å². The minimum absolute atomic E-state index is 0.226. The predicted molar refractivity (Wildman–Crippen MR) is 52.5 cm³/mol. The lowest BCUT2D eigenvalue weighted by Gasteiger charge is -2.19. The summed E-state index contributed by atoms with van der Waals surface area (Å²) in [5.74, 6) is 0. The van der Waals surface area contributed by atoms with Crippen LogP contribution >= 0.6 is 0 Å². The zero-order valence-corrected chi connectivity index (χ0v) is 8.38. The summed E-state index contributed by atoms with van der Waals surface area (Å²) in [6.45, 7) is 5.16. The number of aromatic nitrogens is 2. The molecule has 1 aliphatic rings. The van der Waals surface area contributed by atoms with Gasteiger partial charge in [-0.1, -0.05) is 0 Å². The largest absolute Gasteiger partial charge is 0.324 e. The lowest BCUT2D eigenvalue weighted by molar-refractivity contribution is 0.532. The topological polar surface area (TPSA) is 43.8 Å². The standard InChI is InChI=1S/C10H17N3/c1-3-13-9-6-4-5-8(11)10(9)7(2)12-13/h8H,3-6,11H2,1-2H3. The molecule has 1 heterocycles. The number of rotatable bonds is 1. The van der Waals surface area contributed by atoms with Crippen molar-refractivity contribution in [3.8, 4) is 0 Å². The van der Waals surface area contributed by atoms with Crippen LogP contribution in [-0.2, 0) is 13.0 Å². The van der Waals surface area contributed by atoms with Crippen LogP contribution in [0.15, 0.2) is 0 Å². The van der Waals surface area contributed by atoms with Crippen molar-refractivity contribution < 1.29 is 0 Å². The summed E-state index contributed by atoms with van der Waals surface area (Å²) in [5, 5.41) is 4.50. The summed E-state index contributed by atoms with van der Waals surface area (Å²) in [5.41, 5.74) is 9.88. The molecule has 13 heavy (non-hydrogen) atoms. The lowest BCUT2D eigenvalue weighted by Crippen LogP contribution is -2.18. The van der Waals surface area contributed by atoms with E-state index in [0.717, 1.165) is 25.1 Å². The van der Waals surface area contributed by atoms with E-state index in [9.17, 15) is 0 Å². The maximum absolute atomic E-state index is 6.06. The molecular formula is C10H17N3. The van der Waals surface area contributed by atoms with Crippen LogP contribution in [0, 0.1) is 6.92 Å². The Kier molecular flexibility index (Phi) is 2.12. The smallest absolute Gasteiger partial charge is 0.0644 e. The molecule has 3 nitrogen and oxygen atoms in total. The average molecular weight is 179 g/mol. The number of nitrogens with zero attached hydrogens (tertiary/aromatic N) is 2. The van der Waals surface area contributed by atoms with Crippen molar-refractivity contribution >= 4 is 0 Å². The Morgan fingerprint density at radius 1 is 1.62 bits per heavy atom. The normalized spacial score (nSPS) is 21.6. The van der Waals surface area contributed by atoms with Crippen molar-refractivity contribution in [2.75, 3.05) is 0 Å². The Bertz CT molecular complexity index is 314. The SMILES string of the molecule is CCn1nc(C)c2c1CCCC2N. The molecule has 2 rings (SSSR count). The molecular weight excluding hydrogens is 162 g/mol. The molecule has 0 bridgehead atoms. The summed E-state index contributed by atoms with van der Waals surface area (Å²) in [6.07, 6.45) is 3.47. The number of hydrogen-bond acceptors (Lipinski definition) is 2. The molecule has 1 atom stereocenters. The Morgan fingerprint density at radius 2 is 2.38 bits per heavy atom. The van der Waals surface area contributed by atoms with E-state index in [4.69, 9.17) is 5.73 Å². The van der Waals surface area contributed by atoms with E-state index >= 15 is 0 Å². The predicted octanol–water partition coefficient (Wildman–Crippen LogP) is 1.55. The Morgan fingerprint density at radius 3 is 3.08 bits per heavy atom. The van der Waals surface area contributed by atoms with Gasteiger partial charge in [0.05, 0.1) is 5.69 Å². The van der Waals surface area contributed by atoms with Crippen molar-refractivity contribution in [3.05, 3.63) is 17.0 Å². The fraction of sp³-hybridized carbons (Fsp3) is 0.700. The van der Waals surface area contributed by atoms with Gasteiger partial charge in [0.25, 0.3) is 0 Å². The average Bonchev–Trinajstić information content (AvgIpc) is 2.44. The van der Waals surface area contributed by atoms with Gasteiger partial charge in [0.15, 0.2) is 0 Å². The molecule has 0 saturated heterocycles. The molecule has 3 heteroatoms. The van der Waals surface area contributed by atoms with Crippen LogP contribution in [0.25, 0.3) is 0 Å². The molecule has 0 radical (unpaired) electrons. The summed E-state index contributed by atoms with van der Waals surface area (Å²) in [6, 6.07) is 0.226. The molecule has 0 spiro atoms. The van der Waals surface area contributed by atoms with Crippen LogP contribution in [0.1, 0.15) is 42.8 Å². The molecule has 1 aliphatic carbocycles. The van der Waals surface area contributed by atoms with Crippen LogP contribution < -0.4 is 5.73 Å². The van der Waals surface area contributed by atoms with Crippen molar-refractivity contribution in [1.29, 1.82) is 0 Å². The van der Waals surface area contributed by atoms with Crippen LogP contribution in [0.4, 0.5) is 0 Å². The Labute approximate surface area is 78.9 Å². The van der Waals surface area contributed by atoms with Gasteiger partial charge in [-0.05, 0) is 33.1 Å². The first kappa shape index (κ1) is 8.75. The summed E-state index contributed by atoms with van der Waals surface area (Å²) in [7, 11) is 0. The third-order valence-corrected chi connectivity index (χ3v) is 2.88. The number of nitrogens with two attached hydrogens (primary N) is 1. The minimum Gasteiger partial charge on any atom is -0.324 e. The fourth-order valence-corrected chi connectivity index (χ4v) is 2.28. The van der Waals surface area contributed by atoms with Crippen LogP contribution in [0.3, 0.4) is 0 Å². The first-order chi connectivity index (χ1) is 6.24. The second kappa shape index (κ2) is 3.14. The second-order valence-electron chi connectivity index (χ2n) is 3.76. The highest BCUT2D eigenvalue weighted by Gasteiger charge is 2.23. The van der Waals surface area contributed by atoms with Crippen LogP contribution in [0.5, 0.6) is 0 Å². The molecule has 0 saturated carbocycles. The third-order valence-electron chi connectivity index (χ3n) is 2.88. The molecule has 0 amide bonds. The van der Waals surface area contributed by atoms with Gasteiger partial charge in [-0.25, -0.2) is 0 Å². The summed E-state index contributed by atoms with van der Waals surface area (Å²) >= 11 is 0. The number of hydrogen-bond donors (Lipinski definition) is 1. The number of aryl methyl sites for hydroxylation is 2. The number of fused-ring (bicyclic) bond motifs is 1. The molecule has 1 unspecified atom stereocenters. The highest BCUT2D eigenvalue weighted by atomic mass is 15.3. The van der Waals surface area contributed by atoms with E-state index in [1.54, 1.807) is 0 Å². The fourth-order valence-electron chi connectivity index (χ4n) is 2.28. The zero-order chi connectivity index (χ0) is 9.42. The van der Waals surface area contributed by atoms with E-state index in [-0.39, 0.29) is 6.04 Å². The van der Waals surface area contributed by atoms with Gasteiger partial charge in [-0.3, -0.25) is 4.68 Å². The Hall–Kier alpha value is -0.830. The van der Waals surface area contributed by atoms with E-state index in [0.29, 0.717) is 0 Å². The first-order valence-corrected chi connectivity index (χ1v) is 5.05. The van der Waals surface area contributed by atoms with Crippen LogP contribution in [-0.4, -0.2) is 9.78 Å². The van der Waals surface area contributed by atoms with Gasteiger partial charge in [0, 0.05) is 23.8 Å². The van der Waals surface area contributed by atoms with Gasteiger partial charge < -0.3 is 5.73 Å².